The minimum absolute atomic E-state index is 0.540. The summed E-state index contributed by atoms with van der Waals surface area (Å²) < 4.78 is 12.0. The summed E-state index contributed by atoms with van der Waals surface area (Å²) in [4.78, 5) is 0. The van der Waals surface area contributed by atoms with Crippen molar-refractivity contribution in [3.63, 3.8) is 0 Å². The van der Waals surface area contributed by atoms with Gasteiger partial charge in [-0.15, -0.1) is 0 Å². The van der Waals surface area contributed by atoms with E-state index in [0.717, 1.165) is 27.1 Å². The van der Waals surface area contributed by atoms with Gasteiger partial charge in [-0.05, 0) is 48.4 Å². The molecule has 3 heteroatoms. The zero-order valence-electron chi connectivity index (χ0n) is 10.4. The summed E-state index contributed by atoms with van der Waals surface area (Å²) >= 11 is 3.47. The normalized spacial score (nSPS) is 10.2. The fourth-order valence-electron chi connectivity index (χ4n) is 1.64. The molecule has 2 aromatic rings. The molecule has 0 aliphatic carbocycles. The average molecular weight is 307 g/mol. The van der Waals surface area contributed by atoms with Crippen LogP contribution in [0, 0.1) is 6.92 Å². The van der Waals surface area contributed by atoms with Crippen molar-refractivity contribution in [3.05, 3.63) is 58.1 Å². The molecule has 0 aliphatic heterocycles. The van der Waals surface area contributed by atoms with Gasteiger partial charge in [0.15, 0.2) is 0 Å². The summed E-state index contributed by atoms with van der Waals surface area (Å²) in [6.07, 6.45) is 0. The van der Waals surface area contributed by atoms with Gasteiger partial charge in [-0.2, -0.15) is 0 Å². The molecule has 2 nitrogen and oxygen atoms in total. The summed E-state index contributed by atoms with van der Waals surface area (Å²) in [6.45, 7) is 2.58. The molecule has 2 aromatic carbocycles. The zero-order valence-corrected chi connectivity index (χ0v) is 12.0. The summed E-state index contributed by atoms with van der Waals surface area (Å²) in [5, 5.41) is 0. The van der Waals surface area contributed by atoms with Gasteiger partial charge in [-0.1, -0.05) is 28.1 Å². The monoisotopic (exact) mass is 306 g/mol. The highest BCUT2D eigenvalue weighted by Gasteiger charge is 2.00. The van der Waals surface area contributed by atoms with Gasteiger partial charge in [-0.3, -0.25) is 0 Å². The van der Waals surface area contributed by atoms with Crippen molar-refractivity contribution >= 4 is 15.9 Å². The largest absolute Gasteiger partial charge is 0.497 e. The second kappa shape index (κ2) is 5.91. The lowest BCUT2D eigenvalue weighted by molar-refractivity contribution is 0.305. The number of methoxy groups -OCH3 is 1. The standard InChI is InChI=1S/C15H15BrO2/c1-11-8-14(6-7-15(11)16)18-10-12-4-3-5-13(9-12)17-2/h3-9H,10H2,1-2H3. The van der Waals surface area contributed by atoms with E-state index in [9.17, 15) is 0 Å². The van der Waals surface area contributed by atoms with E-state index in [0.29, 0.717) is 6.61 Å². The Morgan fingerprint density at radius 2 is 1.89 bits per heavy atom. The first-order chi connectivity index (χ1) is 8.69. The molecule has 0 N–H and O–H groups in total. The lowest BCUT2D eigenvalue weighted by Crippen LogP contribution is -1.96. The molecule has 94 valence electrons. The van der Waals surface area contributed by atoms with E-state index in [1.54, 1.807) is 7.11 Å². The molecule has 0 fully saturated rings. The number of ether oxygens (including phenoxy) is 2. The van der Waals surface area contributed by atoms with Gasteiger partial charge in [-0.25, -0.2) is 0 Å². The zero-order chi connectivity index (χ0) is 13.0. The molecule has 0 saturated carbocycles. The quantitative estimate of drug-likeness (QED) is 0.836. The first kappa shape index (κ1) is 13.0. The first-order valence-corrected chi connectivity index (χ1v) is 6.50. The predicted molar refractivity (Wildman–Crippen MR) is 76.2 cm³/mol. The van der Waals surface area contributed by atoms with Crippen LogP contribution in [-0.4, -0.2) is 7.11 Å². The van der Waals surface area contributed by atoms with Crippen molar-refractivity contribution in [2.45, 2.75) is 13.5 Å². The Morgan fingerprint density at radius 3 is 2.61 bits per heavy atom. The maximum absolute atomic E-state index is 5.75. The van der Waals surface area contributed by atoms with Gasteiger partial charge in [0.25, 0.3) is 0 Å². The molecule has 2 rings (SSSR count). The van der Waals surface area contributed by atoms with Crippen molar-refractivity contribution in [1.82, 2.24) is 0 Å². The van der Waals surface area contributed by atoms with Crippen LogP contribution in [0.5, 0.6) is 11.5 Å². The number of halogens is 1. The highest BCUT2D eigenvalue weighted by atomic mass is 79.9. The maximum atomic E-state index is 5.75. The molecule has 0 spiro atoms. The SMILES string of the molecule is COc1cccc(COc2ccc(Br)c(C)c2)c1. The number of hydrogen-bond donors (Lipinski definition) is 0. The number of benzene rings is 2. The van der Waals surface area contributed by atoms with Crippen LogP contribution in [0.3, 0.4) is 0 Å². The number of aryl methyl sites for hydroxylation is 1. The second-order valence-corrected chi connectivity index (χ2v) is 4.91. The van der Waals surface area contributed by atoms with E-state index in [1.165, 1.54) is 0 Å². The second-order valence-electron chi connectivity index (χ2n) is 4.05. The van der Waals surface area contributed by atoms with E-state index < -0.39 is 0 Å². The molecule has 0 aromatic heterocycles. The Kier molecular flexibility index (Phi) is 4.26. The fraction of sp³-hybridized carbons (Fsp3) is 0.200. The van der Waals surface area contributed by atoms with Crippen LogP contribution in [0.25, 0.3) is 0 Å². The molecule has 0 atom stereocenters. The number of hydrogen-bond acceptors (Lipinski definition) is 2. The molecule has 0 amide bonds. The Morgan fingerprint density at radius 1 is 1.06 bits per heavy atom. The third-order valence-corrected chi connectivity index (χ3v) is 3.56. The van der Waals surface area contributed by atoms with E-state index in [-0.39, 0.29) is 0 Å². The molecule has 0 bridgehead atoms. The Labute approximate surface area is 116 Å². The molecular formula is C15H15BrO2. The smallest absolute Gasteiger partial charge is 0.120 e. The summed E-state index contributed by atoms with van der Waals surface area (Å²) in [7, 11) is 1.66. The lowest BCUT2D eigenvalue weighted by atomic mass is 10.2. The fourth-order valence-corrected chi connectivity index (χ4v) is 1.88. The van der Waals surface area contributed by atoms with Crippen LogP contribution >= 0.6 is 15.9 Å². The van der Waals surface area contributed by atoms with Gasteiger partial charge in [0.2, 0.25) is 0 Å². The van der Waals surface area contributed by atoms with Crippen LogP contribution in [0.4, 0.5) is 0 Å². The number of rotatable bonds is 4. The van der Waals surface area contributed by atoms with Gasteiger partial charge in [0.1, 0.15) is 18.1 Å². The Hall–Kier alpha value is -1.48. The van der Waals surface area contributed by atoms with Crippen molar-refractivity contribution in [1.29, 1.82) is 0 Å². The average Bonchev–Trinajstić information content (AvgIpc) is 2.40. The Balaban J connectivity index is 2.04. The molecular weight excluding hydrogens is 292 g/mol. The van der Waals surface area contributed by atoms with Gasteiger partial charge in [0.05, 0.1) is 7.11 Å². The van der Waals surface area contributed by atoms with Gasteiger partial charge < -0.3 is 9.47 Å². The van der Waals surface area contributed by atoms with Crippen molar-refractivity contribution < 1.29 is 9.47 Å². The van der Waals surface area contributed by atoms with Crippen molar-refractivity contribution in [2.24, 2.45) is 0 Å². The third kappa shape index (κ3) is 3.26. The van der Waals surface area contributed by atoms with Crippen molar-refractivity contribution in [3.8, 4) is 11.5 Å². The third-order valence-electron chi connectivity index (χ3n) is 2.67. The highest BCUT2D eigenvalue weighted by Crippen LogP contribution is 2.22. The molecule has 0 unspecified atom stereocenters. The first-order valence-electron chi connectivity index (χ1n) is 5.71. The topological polar surface area (TPSA) is 18.5 Å². The molecule has 0 aliphatic rings. The van der Waals surface area contributed by atoms with Crippen LogP contribution in [0.2, 0.25) is 0 Å². The minimum atomic E-state index is 0.540. The van der Waals surface area contributed by atoms with Crippen molar-refractivity contribution in [2.75, 3.05) is 7.11 Å². The lowest BCUT2D eigenvalue weighted by Gasteiger charge is -2.09. The summed E-state index contributed by atoms with van der Waals surface area (Å²) in [5.41, 5.74) is 2.26. The van der Waals surface area contributed by atoms with Gasteiger partial charge in [0, 0.05) is 4.47 Å². The van der Waals surface area contributed by atoms with Gasteiger partial charge >= 0.3 is 0 Å². The Bertz CT molecular complexity index is 538. The predicted octanol–water partition coefficient (Wildman–Crippen LogP) is 4.35. The van der Waals surface area contributed by atoms with E-state index in [1.807, 2.05) is 49.4 Å². The van der Waals surface area contributed by atoms with Crippen LogP contribution in [-0.2, 0) is 6.61 Å². The minimum Gasteiger partial charge on any atom is -0.497 e. The van der Waals surface area contributed by atoms with Crippen LogP contribution < -0.4 is 9.47 Å². The summed E-state index contributed by atoms with van der Waals surface area (Å²) in [6, 6.07) is 13.9. The molecule has 18 heavy (non-hydrogen) atoms. The summed E-state index contributed by atoms with van der Waals surface area (Å²) in [5.74, 6) is 1.72. The van der Waals surface area contributed by atoms with E-state index in [4.69, 9.17) is 9.47 Å². The molecule has 0 saturated heterocycles. The van der Waals surface area contributed by atoms with Crippen LogP contribution in [0.1, 0.15) is 11.1 Å². The van der Waals surface area contributed by atoms with Crippen LogP contribution in [0.15, 0.2) is 46.9 Å². The molecule has 0 radical (unpaired) electrons. The van der Waals surface area contributed by atoms with E-state index >= 15 is 0 Å². The van der Waals surface area contributed by atoms with E-state index in [2.05, 4.69) is 15.9 Å². The highest BCUT2D eigenvalue weighted by molar-refractivity contribution is 9.10. The maximum Gasteiger partial charge on any atom is 0.120 e. The molecule has 0 heterocycles.